The first kappa shape index (κ1) is 13.2. The molecule has 1 aromatic rings. The fourth-order valence-electron chi connectivity index (χ4n) is 2.15. The Labute approximate surface area is 98.8 Å². The topological polar surface area (TPSA) is 35.2 Å². The van der Waals surface area contributed by atoms with Gasteiger partial charge in [-0.05, 0) is 30.4 Å². The summed E-state index contributed by atoms with van der Waals surface area (Å²) in [6.45, 7) is 6.41. The van der Waals surface area contributed by atoms with Crippen LogP contribution < -0.4 is 5.73 Å². The Morgan fingerprint density at radius 3 is 2.38 bits per heavy atom. The average Bonchev–Trinajstić information content (AvgIpc) is 2.22. The lowest BCUT2D eigenvalue weighted by Gasteiger charge is -2.26. The summed E-state index contributed by atoms with van der Waals surface area (Å²) in [5.41, 5.74) is 8.82. The molecule has 0 heterocycles. The molecule has 2 atom stereocenters. The summed E-state index contributed by atoms with van der Waals surface area (Å²) in [4.78, 5) is 0. The smallest absolute Gasteiger partial charge is 0.0748 e. The average molecular weight is 221 g/mol. The molecule has 0 saturated carbocycles. The molecule has 2 unspecified atom stereocenters. The number of aryl methyl sites for hydroxylation is 1. The van der Waals surface area contributed by atoms with Gasteiger partial charge in [0.15, 0.2) is 0 Å². The first-order valence-corrected chi connectivity index (χ1v) is 5.89. The molecule has 0 aliphatic heterocycles. The van der Waals surface area contributed by atoms with Crippen molar-refractivity contribution in [1.29, 1.82) is 0 Å². The minimum absolute atomic E-state index is 0.0612. The van der Waals surface area contributed by atoms with Crippen molar-refractivity contribution in [2.24, 2.45) is 11.7 Å². The quantitative estimate of drug-likeness (QED) is 0.829. The fourth-order valence-corrected chi connectivity index (χ4v) is 2.15. The molecular formula is C14H23NO. The Kier molecular flexibility index (Phi) is 4.97. The summed E-state index contributed by atoms with van der Waals surface area (Å²) in [6, 6.07) is 8.44. The van der Waals surface area contributed by atoms with Gasteiger partial charge in [0.25, 0.3) is 0 Å². The molecular weight excluding hydrogens is 198 g/mol. The van der Waals surface area contributed by atoms with Crippen LogP contribution in [0, 0.1) is 12.8 Å². The van der Waals surface area contributed by atoms with Gasteiger partial charge in [0.05, 0.1) is 6.10 Å². The van der Waals surface area contributed by atoms with Crippen LogP contribution in [0.15, 0.2) is 24.3 Å². The van der Waals surface area contributed by atoms with Crippen LogP contribution in [0.3, 0.4) is 0 Å². The van der Waals surface area contributed by atoms with E-state index < -0.39 is 0 Å². The highest BCUT2D eigenvalue weighted by atomic mass is 16.5. The van der Waals surface area contributed by atoms with Crippen molar-refractivity contribution in [3.63, 3.8) is 0 Å². The third-order valence-corrected chi connectivity index (χ3v) is 3.07. The van der Waals surface area contributed by atoms with Gasteiger partial charge < -0.3 is 10.5 Å². The lowest BCUT2D eigenvalue weighted by Crippen LogP contribution is -2.41. The molecule has 0 aliphatic rings. The van der Waals surface area contributed by atoms with E-state index in [1.54, 1.807) is 7.11 Å². The van der Waals surface area contributed by atoms with Crippen LogP contribution in [0.4, 0.5) is 0 Å². The van der Waals surface area contributed by atoms with Gasteiger partial charge in [-0.3, -0.25) is 0 Å². The molecule has 0 aliphatic carbocycles. The van der Waals surface area contributed by atoms with E-state index in [9.17, 15) is 0 Å². The highest BCUT2D eigenvalue weighted by Gasteiger charge is 2.21. The van der Waals surface area contributed by atoms with Gasteiger partial charge in [-0.25, -0.2) is 0 Å². The van der Waals surface area contributed by atoms with Crippen LogP contribution in [0.25, 0.3) is 0 Å². The molecule has 0 spiro atoms. The first-order chi connectivity index (χ1) is 7.56. The summed E-state index contributed by atoms with van der Waals surface area (Å²) in [7, 11) is 1.74. The molecule has 0 amide bonds. The standard InChI is InChI=1S/C14H23NO/c1-10(2)14(16-4)13(15)9-12-8-6-5-7-11(12)3/h5-8,10,13-14H,9,15H2,1-4H3. The van der Waals surface area contributed by atoms with Gasteiger partial charge >= 0.3 is 0 Å². The molecule has 90 valence electrons. The van der Waals surface area contributed by atoms with E-state index in [1.807, 2.05) is 0 Å². The summed E-state index contributed by atoms with van der Waals surface area (Å²) in [6.07, 6.45) is 1.00. The maximum Gasteiger partial charge on any atom is 0.0748 e. The summed E-state index contributed by atoms with van der Waals surface area (Å²) in [5, 5.41) is 0. The summed E-state index contributed by atoms with van der Waals surface area (Å²) >= 11 is 0. The number of hydrogen-bond donors (Lipinski definition) is 1. The SMILES string of the molecule is COC(C(C)C)C(N)Cc1ccccc1C. The van der Waals surface area contributed by atoms with Crippen LogP contribution in [0.2, 0.25) is 0 Å². The van der Waals surface area contributed by atoms with Gasteiger partial charge in [0, 0.05) is 13.2 Å². The Morgan fingerprint density at radius 2 is 1.88 bits per heavy atom. The van der Waals surface area contributed by atoms with Crippen molar-refractivity contribution >= 4 is 0 Å². The number of ether oxygens (including phenoxy) is 1. The number of nitrogens with two attached hydrogens (primary N) is 1. The maximum atomic E-state index is 6.21. The maximum absolute atomic E-state index is 6.21. The molecule has 0 saturated heterocycles. The number of benzene rings is 1. The Balaban J connectivity index is 2.70. The van der Waals surface area contributed by atoms with Gasteiger partial charge in [-0.1, -0.05) is 38.1 Å². The summed E-state index contributed by atoms with van der Waals surface area (Å²) < 4.78 is 5.46. The second-order valence-electron chi connectivity index (χ2n) is 4.74. The van der Waals surface area contributed by atoms with E-state index >= 15 is 0 Å². The fraction of sp³-hybridized carbons (Fsp3) is 0.571. The molecule has 1 rings (SSSR count). The first-order valence-electron chi connectivity index (χ1n) is 5.89. The molecule has 16 heavy (non-hydrogen) atoms. The highest BCUT2D eigenvalue weighted by Crippen LogP contribution is 2.15. The van der Waals surface area contributed by atoms with Crippen molar-refractivity contribution in [1.82, 2.24) is 0 Å². The monoisotopic (exact) mass is 221 g/mol. The minimum Gasteiger partial charge on any atom is -0.380 e. The van der Waals surface area contributed by atoms with Gasteiger partial charge in [0.1, 0.15) is 0 Å². The molecule has 0 fully saturated rings. The van der Waals surface area contributed by atoms with Crippen LogP contribution >= 0.6 is 0 Å². The Morgan fingerprint density at radius 1 is 1.25 bits per heavy atom. The second kappa shape index (κ2) is 6.02. The third kappa shape index (κ3) is 3.32. The Bertz CT molecular complexity index is 322. The third-order valence-electron chi connectivity index (χ3n) is 3.07. The van der Waals surface area contributed by atoms with Crippen molar-refractivity contribution in [2.75, 3.05) is 7.11 Å². The molecule has 2 heteroatoms. The normalized spacial score (nSPS) is 15.1. The number of rotatable bonds is 5. The predicted molar refractivity (Wildman–Crippen MR) is 68.5 cm³/mol. The molecule has 0 aromatic heterocycles. The minimum atomic E-state index is 0.0612. The lowest BCUT2D eigenvalue weighted by atomic mass is 9.93. The summed E-state index contributed by atoms with van der Waals surface area (Å²) in [5.74, 6) is 0.448. The molecule has 0 radical (unpaired) electrons. The van der Waals surface area contributed by atoms with Crippen molar-refractivity contribution in [2.45, 2.75) is 39.3 Å². The zero-order valence-electron chi connectivity index (χ0n) is 10.7. The van der Waals surface area contributed by atoms with Crippen LogP contribution in [-0.2, 0) is 11.2 Å². The van der Waals surface area contributed by atoms with Crippen molar-refractivity contribution in [3.05, 3.63) is 35.4 Å². The van der Waals surface area contributed by atoms with E-state index in [-0.39, 0.29) is 12.1 Å². The zero-order chi connectivity index (χ0) is 12.1. The van der Waals surface area contributed by atoms with Crippen molar-refractivity contribution < 1.29 is 4.74 Å². The second-order valence-corrected chi connectivity index (χ2v) is 4.74. The number of hydrogen-bond acceptors (Lipinski definition) is 2. The molecule has 0 bridgehead atoms. The number of methoxy groups -OCH3 is 1. The van der Waals surface area contributed by atoms with Crippen LogP contribution in [-0.4, -0.2) is 19.3 Å². The van der Waals surface area contributed by atoms with E-state index in [4.69, 9.17) is 10.5 Å². The van der Waals surface area contributed by atoms with Crippen LogP contribution in [0.1, 0.15) is 25.0 Å². The van der Waals surface area contributed by atoms with Gasteiger partial charge in [-0.15, -0.1) is 0 Å². The van der Waals surface area contributed by atoms with E-state index in [2.05, 4.69) is 45.0 Å². The van der Waals surface area contributed by atoms with Crippen molar-refractivity contribution in [3.8, 4) is 0 Å². The predicted octanol–water partition coefficient (Wildman–Crippen LogP) is 2.54. The molecule has 2 nitrogen and oxygen atoms in total. The van der Waals surface area contributed by atoms with Gasteiger partial charge in [0.2, 0.25) is 0 Å². The largest absolute Gasteiger partial charge is 0.380 e. The van der Waals surface area contributed by atoms with E-state index in [0.29, 0.717) is 5.92 Å². The van der Waals surface area contributed by atoms with Gasteiger partial charge in [-0.2, -0.15) is 0 Å². The van der Waals surface area contributed by atoms with E-state index in [0.717, 1.165) is 6.42 Å². The van der Waals surface area contributed by atoms with Crippen LogP contribution in [0.5, 0.6) is 0 Å². The molecule has 1 aromatic carbocycles. The van der Waals surface area contributed by atoms with E-state index in [1.165, 1.54) is 11.1 Å². The highest BCUT2D eigenvalue weighted by molar-refractivity contribution is 5.26. The Hall–Kier alpha value is -0.860. The molecule has 2 N–H and O–H groups in total. The lowest BCUT2D eigenvalue weighted by molar-refractivity contribution is 0.0441. The zero-order valence-corrected chi connectivity index (χ0v) is 10.7.